The molecule has 0 aromatic carbocycles. The topological polar surface area (TPSA) is 64.9 Å². The minimum absolute atomic E-state index is 0.288. The maximum absolute atomic E-state index is 5.49. The van der Waals surface area contributed by atoms with Crippen LogP contribution in [0.4, 0.5) is 0 Å². The third-order valence-corrected chi connectivity index (χ3v) is 3.30. The number of aryl methyl sites for hydroxylation is 2. The average molecular weight is 273 g/mol. The molecule has 0 spiro atoms. The quantitative estimate of drug-likeness (QED) is 0.896. The molecule has 0 radical (unpaired) electrons. The number of nitrogens with one attached hydrogen (secondary N) is 1. The monoisotopic (exact) mass is 273 g/mol. The van der Waals surface area contributed by atoms with E-state index in [0.29, 0.717) is 6.61 Å². The predicted octanol–water partition coefficient (Wildman–Crippen LogP) is 0.810. The average Bonchev–Trinajstić information content (AvgIpc) is 2.81. The van der Waals surface area contributed by atoms with Crippen LogP contribution in [-0.4, -0.2) is 45.5 Å². The zero-order valence-electron chi connectivity index (χ0n) is 11.8. The van der Waals surface area contributed by atoms with Gasteiger partial charge in [-0.3, -0.25) is 0 Å². The van der Waals surface area contributed by atoms with Crippen molar-refractivity contribution in [3.63, 3.8) is 0 Å². The maximum atomic E-state index is 5.49. The van der Waals surface area contributed by atoms with Crippen LogP contribution in [0.3, 0.4) is 0 Å². The summed E-state index contributed by atoms with van der Waals surface area (Å²) in [4.78, 5) is 9.05. The van der Waals surface area contributed by atoms with Gasteiger partial charge in [0.05, 0.1) is 13.2 Å². The van der Waals surface area contributed by atoms with Gasteiger partial charge < -0.3 is 10.1 Å². The highest BCUT2D eigenvalue weighted by atomic mass is 16.5. The van der Waals surface area contributed by atoms with Crippen molar-refractivity contribution >= 4 is 0 Å². The smallest absolute Gasteiger partial charge is 0.155 e. The number of hydrogen-bond donors (Lipinski definition) is 1. The van der Waals surface area contributed by atoms with E-state index >= 15 is 0 Å². The van der Waals surface area contributed by atoms with Crippen molar-refractivity contribution < 1.29 is 4.74 Å². The molecule has 3 rings (SSSR count). The first kappa shape index (κ1) is 13.2. The molecular formula is C14H19N5O. The van der Waals surface area contributed by atoms with Gasteiger partial charge in [0.25, 0.3) is 0 Å². The lowest BCUT2D eigenvalue weighted by Gasteiger charge is -2.23. The number of ether oxygens (including phenoxy) is 1. The number of rotatable bonds is 3. The first-order valence-corrected chi connectivity index (χ1v) is 6.90. The molecule has 6 nitrogen and oxygen atoms in total. The molecule has 1 N–H and O–H groups in total. The van der Waals surface area contributed by atoms with Crippen LogP contribution in [-0.2, 0) is 11.2 Å². The molecule has 0 aliphatic carbocycles. The van der Waals surface area contributed by atoms with Crippen molar-refractivity contribution in [2.75, 3.05) is 19.8 Å². The lowest BCUT2D eigenvalue weighted by Crippen LogP contribution is -2.43. The number of pyridine rings is 1. The second-order valence-electron chi connectivity index (χ2n) is 5.05. The van der Waals surface area contributed by atoms with E-state index < -0.39 is 0 Å². The lowest BCUT2D eigenvalue weighted by molar-refractivity contribution is 0.0762. The fourth-order valence-electron chi connectivity index (χ4n) is 2.39. The van der Waals surface area contributed by atoms with Crippen molar-refractivity contribution in [2.45, 2.75) is 26.3 Å². The third kappa shape index (κ3) is 2.86. The Bertz CT molecular complexity index is 589. The van der Waals surface area contributed by atoms with Crippen LogP contribution in [0.25, 0.3) is 5.82 Å². The Kier molecular flexibility index (Phi) is 3.75. The predicted molar refractivity (Wildman–Crippen MR) is 74.9 cm³/mol. The van der Waals surface area contributed by atoms with Gasteiger partial charge in [0.1, 0.15) is 11.6 Å². The summed E-state index contributed by atoms with van der Waals surface area (Å²) in [7, 11) is 0. The highest BCUT2D eigenvalue weighted by Crippen LogP contribution is 2.11. The molecule has 1 saturated heterocycles. The van der Waals surface area contributed by atoms with Gasteiger partial charge in [-0.15, -0.1) is 5.10 Å². The van der Waals surface area contributed by atoms with Gasteiger partial charge in [0.15, 0.2) is 5.82 Å². The van der Waals surface area contributed by atoms with Gasteiger partial charge in [-0.05, 0) is 26.0 Å². The van der Waals surface area contributed by atoms with Crippen LogP contribution in [0.5, 0.6) is 0 Å². The Balaban J connectivity index is 1.87. The lowest BCUT2D eigenvalue weighted by atomic mass is 10.2. The minimum atomic E-state index is 0.288. The van der Waals surface area contributed by atoms with E-state index in [1.54, 1.807) is 0 Å². The summed E-state index contributed by atoms with van der Waals surface area (Å²) >= 11 is 0. The molecular weight excluding hydrogens is 254 g/mol. The summed E-state index contributed by atoms with van der Waals surface area (Å²) in [6.45, 7) is 6.26. The first-order valence-electron chi connectivity index (χ1n) is 6.90. The molecule has 20 heavy (non-hydrogen) atoms. The molecule has 2 aromatic rings. The van der Waals surface area contributed by atoms with E-state index in [4.69, 9.17) is 4.74 Å². The molecule has 106 valence electrons. The van der Waals surface area contributed by atoms with E-state index in [1.165, 1.54) is 0 Å². The Hall–Kier alpha value is -1.79. The molecule has 6 heteroatoms. The van der Waals surface area contributed by atoms with Gasteiger partial charge in [-0.25, -0.2) is 9.97 Å². The summed E-state index contributed by atoms with van der Waals surface area (Å²) < 4.78 is 7.32. The number of morpholine rings is 1. The second-order valence-corrected chi connectivity index (χ2v) is 5.05. The van der Waals surface area contributed by atoms with Crippen LogP contribution in [0.15, 0.2) is 18.2 Å². The molecule has 0 saturated carbocycles. The molecule has 2 aromatic heterocycles. The van der Waals surface area contributed by atoms with Crippen LogP contribution < -0.4 is 5.32 Å². The standard InChI is InChI=1S/C14H19N5O/c1-10-4-3-5-13(16-10)19-14(17-11(2)18-19)8-12-9-20-7-6-15-12/h3-5,12,15H,6-9H2,1-2H3/t12-/m0/s1. The van der Waals surface area contributed by atoms with Gasteiger partial charge in [0, 0.05) is 24.7 Å². The van der Waals surface area contributed by atoms with Gasteiger partial charge in [0.2, 0.25) is 0 Å². The zero-order chi connectivity index (χ0) is 13.9. The fraction of sp³-hybridized carbons (Fsp3) is 0.500. The van der Waals surface area contributed by atoms with Gasteiger partial charge in [-0.1, -0.05) is 6.07 Å². The van der Waals surface area contributed by atoms with Crippen LogP contribution in [0.2, 0.25) is 0 Å². The van der Waals surface area contributed by atoms with E-state index in [-0.39, 0.29) is 6.04 Å². The highest BCUT2D eigenvalue weighted by Gasteiger charge is 2.18. The summed E-state index contributed by atoms with van der Waals surface area (Å²) in [6.07, 6.45) is 0.788. The zero-order valence-corrected chi connectivity index (χ0v) is 11.8. The van der Waals surface area contributed by atoms with Crippen molar-refractivity contribution in [3.8, 4) is 5.82 Å². The molecule has 1 atom stereocenters. The Morgan fingerprint density at radius 3 is 3.00 bits per heavy atom. The SMILES string of the molecule is Cc1cccc(-n2nc(C)nc2C[C@H]2COCCN2)n1. The maximum Gasteiger partial charge on any atom is 0.155 e. The molecule has 1 aliphatic heterocycles. The second kappa shape index (κ2) is 5.68. The van der Waals surface area contributed by atoms with E-state index in [1.807, 2.05) is 36.7 Å². The summed E-state index contributed by atoms with van der Waals surface area (Å²) in [5.74, 6) is 2.50. The number of hydrogen-bond acceptors (Lipinski definition) is 5. The normalized spacial score (nSPS) is 19.2. The molecule has 0 unspecified atom stereocenters. The fourth-order valence-corrected chi connectivity index (χ4v) is 2.39. The molecule has 1 aliphatic rings. The molecule has 0 bridgehead atoms. The van der Waals surface area contributed by atoms with Crippen molar-refractivity contribution in [1.29, 1.82) is 0 Å². The minimum Gasteiger partial charge on any atom is -0.379 e. The third-order valence-electron chi connectivity index (χ3n) is 3.30. The number of aromatic nitrogens is 4. The Morgan fingerprint density at radius 2 is 2.25 bits per heavy atom. The van der Waals surface area contributed by atoms with Crippen molar-refractivity contribution in [1.82, 2.24) is 25.1 Å². The molecule has 3 heterocycles. The highest BCUT2D eigenvalue weighted by molar-refractivity contribution is 5.24. The van der Waals surface area contributed by atoms with Crippen LogP contribution in [0, 0.1) is 13.8 Å². The Labute approximate surface area is 118 Å². The van der Waals surface area contributed by atoms with Gasteiger partial charge >= 0.3 is 0 Å². The number of nitrogens with zero attached hydrogens (tertiary/aromatic N) is 4. The van der Waals surface area contributed by atoms with E-state index in [0.717, 1.165) is 42.7 Å². The first-order chi connectivity index (χ1) is 9.72. The van der Waals surface area contributed by atoms with Crippen molar-refractivity contribution in [3.05, 3.63) is 35.5 Å². The van der Waals surface area contributed by atoms with Crippen molar-refractivity contribution in [2.24, 2.45) is 0 Å². The van der Waals surface area contributed by atoms with E-state index in [2.05, 4.69) is 20.4 Å². The van der Waals surface area contributed by atoms with Crippen LogP contribution in [0.1, 0.15) is 17.3 Å². The van der Waals surface area contributed by atoms with Gasteiger partial charge in [-0.2, -0.15) is 4.68 Å². The summed E-state index contributed by atoms with van der Waals surface area (Å²) in [5.41, 5.74) is 0.973. The molecule has 0 amide bonds. The summed E-state index contributed by atoms with van der Waals surface area (Å²) in [6, 6.07) is 6.20. The largest absolute Gasteiger partial charge is 0.379 e. The summed E-state index contributed by atoms with van der Waals surface area (Å²) in [5, 5.41) is 7.90. The van der Waals surface area contributed by atoms with Crippen LogP contribution >= 0.6 is 0 Å². The Morgan fingerprint density at radius 1 is 1.35 bits per heavy atom. The van der Waals surface area contributed by atoms with E-state index in [9.17, 15) is 0 Å². The molecule has 1 fully saturated rings.